The van der Waals surface area contributed by atoms with Crippen molar-refractivity contribution in [2.24, 2.45) is 0 Å². The summed E-state index contributed by atoms with van der Waals surface area (Å²) in [5.41, 5.74) is 8.53. The zero-order valence-electron chi connectivity index (χ0n) is 13.2. The zero-order chi connectivity index (χ0) is 16.0. The van der Waals surface area contributed by atoms with Crippen LogP contribution in [0.2, 0.25) is 0 Å². The summed E-state index contributed by atoms with van der Waals surface area (Å²) < 4.78 is 27.1. The molecular formula is C17H23ClN2O2S. The van der Waals surface area contributed by atoms with Gasteiger partial charge in [-0.25, -0.2) is 13.1 Å². The van der Waals surface area contributed by atoms with Crippen molar-refractivity contribution in [2.45, 2.75) is 31.1 Å². The summed E-state index contributed by atoms with van der Waals surface area (Å²) in [6, 6.07) is 14.5. The first kappa shape index (κ1) is 19.5. The largest absolute Gasteiger partial charge is 0.399 e. The van der Waals surface area contributed by atoms with E-state index in [1.807, 2.05) is 36.4 Å². The molecule has 126 valence electrons. The lowest BCUT2D eigenvalue weighted by Gasteiger charge is -2.08. The van der Waals surface area contributed by atoms with Crippen LogP contribution in [-0.4, -0.2) is 15.0 Å². The Kier molecular flexibility index (Phi) is 7.55. The molecule has 0 aromatic heterocycles. The van der Waals surface area contributed by atoms with Crippen molar-refractivity contribution in [3.8, 4) is 0 Å². The summed E-state index contributed by atoms with van der Waals surface area (Å²) >= 11 is 0. The molecule has 0 aliphatic carbocycles. The molecule has 6 heteroatoms. The van der Waals surface area contributed by atoms with Crippen molar-refractivity contribution in [1.82, 2.24) is 4.72 Å². The van der Waals surface area contributed by atoms with Crippen LogP contribution in [0.15, 0.2) is 53.4 Å². The maximum absolute atomic E-state index is 12.2. The molecule has 0 atom stereocenters. The van der Waals surface area contributed by atoms with E-state index < -0.39 is 10.0 Å². The molecule has 3 N–H and O–H groups in total. The molecule has 0 radical (unpaired) electrons. The van der Waals surface area contributed by atoms with Crippen LogP contribution in [0.5, 0.6) is 0 Å². The number of hydrogen-bond donors (Lipinski definition) is 2. The minimum absolute atomic E-state index is 0. The van der Waals surface area contributed by atoms with Crippen molar-refractivity contribution in [3.63, 3.8) is 0 Å². The molecule has 0 saturated heterocycles. The van der Waals surface area contributed by atoms with E-state index in [1.54, 1.807) is 12.1 Å². The van der Waals surface area contributed by atoms with Gasteiger partial charge in [0.15, 0.2) is 0 Å². The molecule has 4 nitrogen and oxygen atoms in total. The van der Waals surface area contributed by atoms with Crippen LogP contribution in [0.25, 0.3) is 0 Å². The van der Waals surface area contributed by atoms with Crippen LogP contribution in [0.1, 0.15) is 24.5 Å². The molecule has 0 heterocycles. The van der Waals surface area contributed by atoms with Gasteiger partial charge in [-0.1, -0.05) is 37.6 Å². The van der Waals surface area contributed by atoms with Crippen LogP contribution < -0.4 is 10.5 Å². The standard InChI is InChI=1S/C17H22N2O2S.ClH/c1-2-3-14-6-10-17(11-7-14)22(20,21)19-13-12-15-4-8-16(18)9-5-15;/h4-11,19H,2-3,12-13,18H2,1H3;1H. The van der Waals surface area contributed by atoms with Gasteiger partial charge in [-0.05, 0) is 48.2 Å². The van der Waals surface area contributed by atoms with E-state index in [2.05, 4.69) is 11.6 Å². The van der Waals surface area contributed by atoms with Crippen LogP contribution in [0.3, 0.4) is 0 Å². The van der Waals surface area contributed by atoms with Gasteiger partial charge in [0.05, 0.1) is 4.90 Å². The Morgan fingerprint density at radius 3 is 2.00 bits per heavy atom. The van der Waals surface area contributed by atoms with Crippen molar-refractivity contribution >= 4 is 28.1 Å². The number of nitrogens with two attached hydrogens (primary N) is 1. The second-order valence-corrected chi connectivity index (χ2v) is 7.05. The summed E-state index contributed by atoms with van der Waals surface area (Å²) in [5.74, 6) is 0. The van der Waals surface area contributed by atoms with Crippen LogP contribution in [0.4, 0.5) is 5.69 Å². The number of sulfonamides is 1. The highest BCUT2D eigenvalue weighted by molar-refractivity contribution is 7.89. The van der Waals surface area contributed by atoms with E-state index in [1.165, 1.54) is 0 Å². The number of anilines is 1. The molecule has 0 fully saturated rings. The van der Waals surface area contributed by atoms with E-state index in [9.17, 15) is 8.42 Å². The van der Waals surface area contributed by atoms with Crippen LogP contribution in [-0.2, 0) is 22.9 Å². The SMILES string of the molecule is CCCc1ccc(S(=O)(=O)NCCc2ccc(N)cc2)cc1.Cl. The quantitative estimate of drug-likeness (QED) is 0.750. The molecule has 0 unspecified atom stereocenters. The number of rotatable bonds is 7. The average molecular weight is 355 g/mol. The fourth-order valence-corrected chi connectivity index (χ4v) is 3.25. The number of aryl methyl sites for hydroxylation is 1. The predicted molar refractivity (Wildman–Crippen MR) is 97.4 cm³/mol. The molecule has 2 aromatic carbocycles. The third-order valence-corrected chi connectivity index (χ3v) is 4.93. The minimum Gasteiger partial charge on any atom is -0.399 e. The Balaban J connectivity index is 0.00000264. The van der Waals surface area contributed by atoms with Crippen molar-refractivity contribution < 1.29 is 8.42 Å². The lowest BCUT2D eigenvalue weighted by atomic mass is 10.1. The van der Waals surface area contributed by atoms with E-state index in [0.29, 0.717) is 23.5 Å². The van der Waals surface area contributed by atoms with E-state index in [4.69, 9.17) is 5.73 Å². The molecule has 0 bridgehead atoms. The molecule has 0 spiro atoms. The molecule has 0 amide bonds. The van der Waals surface area contributed by atoms with Gasteiger partial charge in [0.1, 0.15) is 0 Å². The fraction of sp³-hybridized carbons (Fsp3) is 0.294. The monoisotopic (exact) mass is 354 g/mol. The first-order chi connectivity index (χ1) is 10.5. The lowest BCUT2D eigenvalue weighted by molar-refractivity contribution is 0.581. The lowest BCUT2D eigenvalue weighted by Crippen LogP contribution is -2.26. The van der Waals surface area contributed by atoms with Gasteiger partial charge >= 0.3 is 0 Å². The smallest absolute Gasteiger partial charge is 0.240 e. The van der Waals surface area contributed by atoms with Gasteiger partial charge in [-0.3, -0.25) is 0 Å². The summed E-state index contributed by atoms with van der Waals surface area (Å²) in [6.07, 6.45) is 2.64. The molecule has 0 aliphatic heterocycles. The van der Waals surface area contributed by atoms with Crippen molar-refractivity contribution in [2.75, 3.05) is 12.3 Å². The molecule has 2 rings (SSSR count). The number of hydrogen-bond acceptors (Lipinski definition) is 3. The van der Waals surface area contributed by atoms with Crippen molar-refractivity contribution in [3.05, 3.63) is 59.7 Å². The maximum atomic E-state index is 12.2. The summed E-state index contributed by atoms with van der Waals surface area (Å²) in [7, 11) is -3.44. The Morgan fingerprint density at radius 1 is 0.913 bits per heavy atom. The first-order valence-corrected chi connectivity index (χ1v) is 8.92. The highest BCUT2D eigenvalue weighted by atomic mass is 35.5. The topological polar surface area (TPSA) is 72.2 Å². The number of nitrogens with one attached hydrogen (secondary N) is 1. The summed E-state index contributed by atoms with van der Waals surface area (Å²) in [4.78, 5) is 0.310. The average Bonchev–Trinajstić information content (AvgIpc) is 2.50. The van der Waals surface area contributed by atoms with E-state index in [0.717, 1.165) is 24.0 Å². The molecule has 2 aromatic rings. The molecule has 23 heavy (non-hydrogen) atoms. The van der Waals surface area contributed by atoms with Crippen LogP contribution >= 0.6 is 12.4 Å². The van der Waals surface area contributed by atoms with Crippen LogP contribution in [0, 0.1) is 0 Å². The van der Waals surface area contributed by atoms with Gasteiger partial charge in [-0.2, -0.15) is 0 Å². The Hall–Kier alpha value is -1.56. The molecule has 0 aliphatic rings. The number of nitrogen functional groups attached to an aromatic ring is 1. The number of halogens is 1. The van der Waals surface area contributed by atoms with Gasteiger partial charge in [0, 0.05) is 12.2 Å². The Morgan fingerprint density at radius 2 is 1.43 bits per heavy atom. The van der Waals surface area contributed by atoms with Gasteiger partial charge in [-0.15, -0.1) is 12.4 Å². The predicted octanol–water partition coefficient (Wildman–Crippen LogP) is 3.16. The second kappa shape index (κ2) is 8.91. The summed E-state index contributed by atoms with van der Waals surface area (Å²) in [6.45, 7) is 2.46. The Labute approximate surface area is 144 Å². The molecule has 0 saturated carbocycles. The second-order valence-electron chi connectivity index (χ2n) is 5.28. The normalized spacial score (nSPS) is 11.0. The maximum Gasteiger partial charge on any atom is 0.240 e. The van der Waals surface area contributed by atoms with E-state index in [-0.39, 0.29) is 12.4 Å². The third kappa shape index (κ3) is 5.86. The van der Waals surface area contributed by atoms with Gasteiger partial charge in [0.25, 0.3) is 0 Å². The minimum atomic E-state index is -3.44. The fourth-order valence-electron chi connectivity index (χ4n) is 2.22. The van der Waals surface area contributed by atoms with Gasteiger partial charge in [0.2, 0.25) is 10.0 Å². The van der Waals surface area contributed by atoms with Crippen molar-refractivity contribution in [1.29, 1.82) is 0 Å². The van der Waals surface area contributed by atoms with E-state index >= 15 is 0 Å². The summed E-state index contributed by atoms with van der Waals surface area (Å²) in [5, 5.41) is 0. The third-order valence-electron chi connectivity index (χ3n) is 3.46. The highest BCUT2D eigenvalue weighted by Gasteiger charge is 2.12. The first-order valence-electron chi connectivity index (χ1n) is 7.44. The number of benzene rings is 2. The highest BCUT2D eigenvalue weighted by Crippen LogP contribution is 2.12. The zero-order valence-corrected chi connectivity index (χ0v) is 14.8. The van der Waals surface area contributed by atoms with Gasteiger partial charge < -0.3 is 5.73 Å². The Bertz CT molecular complexity index is 698. The molecular weight excluding hydrogens is 332 g/mol.